The highest BCUT2D eigenvalue weighted by Crippen LogP contribution is 2.29. The van der Waals surface area contributed by atoms with Gasteiger partial charge in [0.2, 0.25) is 5.91 Å². The van der Waals surface area contributed by atoms with Crippen LogP contribution in [-0.4, -0.2) is 19.0 Å². The number of nitrogens with two attached hydrogens (primary N) is 1. The largest absolute Gasteiger partial charge is 0.356 e. The molecular weight excluding hydrogens is 236 g/mol. The van der Waals surface area contributed by atoms with Crippen LogP contribution in [0.1, 0.15) is 64.2 Å². The summed E-state index contributed by atoms with van der Waals surface area (Å²) in [6.45, 7) is 1.62. The fourth-order valence-corrected chi connectivity index (χ4v) is 3.76. The molecule has 2 unspecified atom stereocenters. The molecule has 2 rings (SSSR count). The molecule has 19 heavy (non-hydrogen) atoms. The van der Waals surface area contributed by atoms with Gasteiger partial charge < -0.3 is 11.1 Å². The van der Waals surface area contributed by atoms with Crippen molar-refractivity contribution in [2.45, 2.75) is 64.2 Å². The first-order chi connectivity index (χ1) is 9.29. The molecule has 0 spiro atoms. The van der Waals surface area contributed by atoms with Crippen LogP contribution in [0.3, 0.4) is 0 Å². The number of carbonyl (C=O) groups excluding carboxylic acids is 1. The van der Waals surface area contributed by atoms with Gasteiger partial charge in [0.25, 0.3) is 0 Å². The molecule has 0 saturated heterocycles. The number of rotatable bonds is 5. The molecule has 110 valence electrons. The standard InChI is InChI=1S/C16H30N2O/c17-12-14-7-4-8-15(11-14)16(19)18-10-9-13-5-2-1-3-6-13/h13-15H,1-12,17H2,(H,18,19). The lowest BCUT2D eigenvalue weighted by molar-refractivity contribution is -0.126. The van der Waals surface area contributed by atoms with Crippen LogP contribution in [0.5, 0.6) is 0 Å². The lowest BCUT2D eigenvalue weighted by atomic mass is 9.81. The maximum atomic E-state index is 12.1. The smallest absolute Gasteiger partial charge is 0.223 e. The number of hydrogen-bond donors (Lipinski definition) is 2. The monoisotopic (exact) mass is 266 g/mol. The van der Waals surface area contributed by atoms with Crippen LogP contribution in [0.2, 0.25) is 0 Å². The molecule has 2 fully saturated rings. The normalized spacial score (nSPS) is 29.1. The summed E-state index contributed by atoms with van der Waals surface area (Å²) in [4.78, 5) is 12.1. The van der Waals surface area contributed by atoms with Crippen LogP contribution in [0.25, 0.3) is 0 Å². The molecular formula is C16H30N2O. The van der Waals surface area contributed by atoms with Gasteiger partial charge in [-0.05, 0) is 44.1 Å². The van der Waals surface area contributed by atoms with Crippen molar-refractivity contribution in [1.82, 2.24) is 5.32 Å². The summed E-state index contributed by atoms with van der Waals surface area (Å²) in [5.74, 6) is 1.95. The Morgan fingerprint density at radius 3 is 2.47 bits per heavy atom. The Morgan fingerprint density at radius 1 is 1.00 bits per heavy atom. The Hall–Kier alpha value is -0.570. The maximum Gasteiger partial charge on any atom is 0.223 e. The van der Waals surface area contributed by atoms with E-state index in [0.717, 1.165) is 31.8 Å². The van der Waals surface area contributed by atoms with Gasteiger partial charge in [-0.1, -0.05) is 38.5 Å². The van der Waals surface area contributed by atoms with Gasteiger partial charge in [0.15, 0.2) is 0 Å². The zero-order valence-corrected chi connectivity index (χ0v) is 12.2. The highest BCUT2D eigenvalue weighted by molar-refractivity contribution is 5.78. The Balaban J connectivity index is 1.63. The average Bonchev–Trinajstić information content (AvgIpc) is 2.48. The molecule has 1 amide bonds. The Labute approximate surface area is 117 Å². The van der Waals surface area contributed by atoms with E-state index in [9.17, 15) is 4.79 Å². The van der Waals surface area contributed by atoms with Crippen molar-refractivity contribution in [3.8, 4) is 0 Å². The highest BCUT2D eigenvalue weighted by Gasteiger charge is 2.26. The number of carbonyl (C=O) groups is 1. The van der Waals surface area contributed by atoms with Crippen molar-refractivity contribution < 1.29 is 4.79 Å². The van der Waals surface area contributed by atoms with E-state index in [1.54, 1.807) is 0 Å². The van der Waals surface area contributed by atoms with Gasteiger partial charge in [-0.25, -0.2) is 0 Å². The van der Waals surface area contributed by atoms with Crippen LogP contribution in [0.4, 0.5) is 0 Å². The molecule has 3 N–H and O–H groups in total. The van der Waals surface area contributed by atoms with Gasteiger partial charge in [0.1, 0.15) is 0 Å². The van der Waals surface area contributed by atoms with Gasteiger partial charge in [-0.2, -0.15) is 0 Å². The van der Waals surface area contributed by atoms with E-state index in [1.165, 1.54) is 51.4 Å². The summed E-state index contributed by atoms with van der Waals surface area (Å²) in [6.07, 6.45) is 12.6. The van der Waals surface area contributed by atoms with Crippen LogP contribution in [0.15, 0.2) is 0 Å². The van der Waals surface area contributed by atoms with Crippen LogP contribution in [0, 0.1) is 17.8 Å². The molecule has 3 nitrogen and oxygen atoms in total. The molecule has 2 aliphatic rings. The predicted molar refractivity (Wildman–Crippen MR) is 78.7 cm³/mol. The van der Waals surface area contributed by atoms with Crippen molar-refractivity contribution in [3.63, 3.8) is 0 Å². The number of hydrogen-bond acceptors (Lipinski definition) is 2. The van der Waals surface area contributed by atoms with E-state index in [-0.39, 0.29) is 11.8 Å². The topological polar surface area (TPSA) is 55.1 Å². The minimum atomic E-state index is 0.230. The zero-order valence-electron chi connectivity index (χ0n) is 12.2. The van der Waals surface area contributed by atoms with E-state index >= 15 is 0 Å². The van der Waals surface area contributed by atoms with Crippen LogP contribution < -0.4 is 11.1 Å². The van der Waals surface area contributed by atoms with Gasteiger partial charge >= 0.3 is 0 Å². The first-order valence-electron chi connectivity index (χ1n) is 8.27. The highest BCUT2D eigenvalue weighted by atomic mass is 16.1. The van der Waals surface area contributed by atoms with E-state index < -0.39 is 0 Å². The third kappa shape index (κ3) is 4.79. The average molecular weight is 266 g/mol. The SMILES string of the molecule is NCC1CCCC(C(=O)NCCC2CCCCC2)C1. The first kappa shape index (κ1) is 14.8. The van der Waals surface area contributed by atoms with Gasteiger partial charge in [-0.15, -0.1) is 0 Å². The quantitative estimate of drug-likeness (QED) is 0.804. The van der Waals surface area contributed by atoms with Crippen LogP contribution in [-0.2, 0) is 4.79 Å². The van der Waals surface area contributed by atoms with Gasteiger partial charge in [0.05, 0.1) is 0 Å². The fourth-order valence-electron chi connectivity index (χ4n) is 3.76. The summed E-state index contributed by atoms with van der Waals surface area (Å²) < 4.78 is 0. The molecule has 2 atom stereocenters. The fraction of sp³-hybridized carbons (Fsp3) is 0.938. The Kier molecular flexibility index (Phi) is 6.15. The third-order valence-corrected chi connectivity index (χ3v) is 5.06. The first-order valence-corrected chi connectivity index (χ1v) is 8.27. The van der Waals surface area contributed by atoms with Crippen molar-refractivity contribution in [3.05, 3.63) is 0 Å². The lowest BCUT2D eigenvalue weighted by Gasteiger charge is -2.28. The summed E-state index contributed by atoms with van der Waals surface area (Å²) in [6, 6.07) is 0. The van der Waals surface area contributed by atoms with Gasteiger partial charge in [0, 0.05) is 12.5 Å². The van der Waals surface area contributed by atoms with Crippen molar-refractivity contribution in [2.24, 2.45) is 23.5 Å². The van der Waals surface area contributed by atoms with Crippen molar-refractivity contribution >= 4 is 5.91 Å². The molecule has 2 saturated carbocycles. The second kappa shape index (κ2) is 7.88. The van der Waals surface area contributed by atoms with E-state index in [2.05, 4.69) is 5.32 Å². The van der Waals surface area contributed by atoms with Crippen molar-refractivity contribution in [2.75, 3.05) is 13.1 Å². The molecule has 0 heterocycles. The van der Waals surface area contributed by atoms with Crippen molar-refractivity contribution in [1.29, 1.82) is 0 Å². The van der Waals surface area contributed by atoms with E-state index in [4.69, 9.17) is 5.73 Å². The minimum absolute atomic E-state index is 0.230. The number of amides is 1. The van der Waals surface area contributed by atoms with Gasteiger partial charge in [-0.3, -0.25) is 4.79 Å². The Morgan fingerprint density at radius 2 is 1.74 bits per heavy atom. The molecule has 0 aromatic carbocycles. The predicted octanol–water partition coefficient (Wildman–Crippen LogP) is 2.84. The molecule has 0 radical (unpaired) electrons. The molecule has 3 heteroatoms. The molecule has 0 bridgehead atoms. The molecule has 0 aromatic rings. The minimum Gasteiger partial charge on any atom is -0.356 e. The zero-order chi connectivity index (χ0) is 13.5. The summed E-state index contributed by atoms with van der Waals surface area (Å²) in [5.41, 5.74) is 5.73. The van der Waals surface area contributed by atoms with Crippen LogP contribution >= 0.6 is 0 Å². The lowest BCUT2D eigenvalue weighted by Crippen LogP contribution is -2.36. The van der Waals surface area contributed by atoms with E-state index in [1.807, 2.05) is 0 Å². The molecule has 0 aliphatic heterocycles. The molecule has 2 aliphatic carbocycles. The summed E-state index contributed by atoms with van der Waals surface area (Å²) in [7, 11) is 0. The third-order valence-electron chi connectivity index (χ3n) is 5.06. The molecule has 0 aromatic heterocycles. The maximum absolute atomic E-state index is 12.1. The number of nitrogens with one attached hydrogen (secondary N) is 1. The van der Waals surface area contributed by atoms with E-state index in [0.29, 0.717) is 5.92 Å². The Bertz CT molecular complexity index is 274. The second-order valence-electron chi connectivity index (χ2n) is 6.55. The summed E-state index contributed by atoms with van der Waals surface area (Å²) in [5, 5.41) is 3.16. The second-order valence-corrected chi connectivity index (χ2v) is 6.55. The summed E-state index contributed by atoms with van der Waals surface area (Å²) >= 11 is 0.